The summed E-state index contributed by atoms with van der Waals surface area (Å²) in [5, 5.41) is 2.62. The van der Waals surface area contributed by atoms with E-state index in [1.165, 1.54) is 30.3 Å². The Hall–Kier alpha value is -3.58. The number of rotatable bonds is 5. The van der Waals surface area contributed by atoms with Crippen molar-refractivity contribution in [3.63, 3.8) is 0 Å². The standard InChI is InChI=1S/C24H19NO5S/c1-15-6-9-17(10-7-15)31(29,30)13-12-22(26)25-16-8-11-20-21(14-16)24(28)19-5-3-2-4-18(19)23(20)27/h2-11,14H,12-13H2,1H3,(H,25,26). The Morgan fingerprint density at radius 1 is 0.806 bits per heavy atom. The van der Waals surface area contributed by atoms with E-state index < -0.39 is 15.7 Å². The molecule has 3 aromatic carbocycles. The van der Waals surface area contributed by atoms with E-state index in [-0.39, 0.29) is 39.8 Å². The van der Waals surface area contributed by atoms with E-state index in [1.807, 2.05) is 6.92 Å². The number of amides is 1. The molecule has 0 unspecified atom stereocenters. The molecule has 0 fully saturated rings. The summed E-state index contributed by atoms with van der Waals surface area (Å²) in [7, 11) is -3.59. The molecule has 1 N–H and O–H groups in total. The van der Waals surface area contributed by atoms with E-state index in [4.69, 9.17) is 0 Å². The number of fused-ring (bicyclic) bond motifs is 2. The normalized spacial score (nSPS) is 12.8. The van der Waals surface area contributed by atoms with Crippen molar-refractivity contribution in [1.29, 1.82) is 0 Å². The molecule has 0 aliphatic heterocycles. The highest BCUT2D eigenvalue weighted by Crippen LogP contribution is 2.29. The summed E-state index contributed by atoms with van der Waals surface area (Å²) in [6, 6.07) is 17.5. The minimum absolute atomic E-state index is 0.169. The molecule has 0 heterocycles. The first-order valence-corrected chi connectivity index (χ1v) is 11.3. The van der Waals surface area contributed by atoms with E-state index in [1.54, 1.807) is 36.4 Å². The van der Waals surface area contributed by atoms with Gasteiger partial charge in [-0.1, -0.05) is 42.0 Å². The molecule has 0 aromatic heterocycles. The summed E-state index contributed by atoms with van der Waals surface area (Å²) in [5.74, 6) is -1.36. The molecule has 3 aromatic rings. The number of nitrogens with one attached hydrogen (secondary N) is 1. The lowest BCUT2D eigenvalue weighted by atomic mass is 9.84. The van der Waals surface area contributed by atoms with Crippen molar-refractivity contribution in [2.75, 3.05) is 11.1 Å². The number of carbonyl (C=O) groups excluding carboxylic acids is 3. The van der Waals surface area contributed by atoms with Crippen LogP contribution in [0.3, 0.4) is 0 Å². The van der Waals surface area contributed by atoms with Crippen molar-refractivity contribution >= 4 is 33.0 Å². The quantitative estimate of drug-likeness (QED) is 0.519. The van der Waals surface area contributed by atoms with Gasteiger partial charge in [-0.15, -0.1) is 0 Å². The fourth-order valence-corrected chi connectivity index (χ4v) is 4.73. The number of hydrogen-bond acceptors (Lipinski definition) is 5. The van der Waals surface area contributed by atoms with Gasteiger partial charge in [-0.2, -0.15) is 0 Å². The monoisotopic (exact) mass is 433 g/mol. The van der Waals surface area contributed by atoms with Gasteiger partial charge in [-0.3, -0.25) is 14.4 Å². The van der Waals surface area contributed by atoms with E-state index in [0.717, 1.165) is 5.56 Å². The first-order valence-electron chi connectivity index (χ1n) is 9.68. The average Bonchev–Trinajstić information content (AvgIpc) is 2.76. The smallest absolute Gasteiger partial charge is 0.225 e. The predicted molar refractivity (Wildman–Crippen MR) is 116 cm³/mol. The van der Waals surface area contributed by atoms with Crippen LogP contribution in [0.1, 0.15) is 43.8 Å². The second-order valence-corrected chi connectivity index (χ2v) is 9.50. The molecule has 1 aliphatic carbocycles. The fourth-order valence-electron chi connectivity index (χ4n) is 3.49. The Balaban J connectivity index is 1.48. The summed E-state index contributed by atoms with van der Waals surface area (Å²) in [6.45, 7) is 1.86. The van der Waals surface area contributed by atoms with Crippen molar-refractivity contribution in [3.05, 3.63) is 94.5 Å². The zero-order valence-corrected chi connectivity index (χ0v) is 17.5. The van der Waals surface area contributed by atoms with Gasteiger partial charge >= 0.3 is 0 Å². The van der Waals surface area contributed by atoms with E-state index >= 15 is 0 Å². The van der Waals surface area contributed by atoms with Gasteiger partial charge in [0, 0.05) is 34.4 Å². The maximum atomic E-state index is 12.8. The first-order chi connectivity index (χ1) is 14.8. The molecular formula is C24H19NO5S. The molecule has 0 spiro atoms. The summed E-state index contributed by atoms with van der Waals surface area (Å²) in [4.78, 5) is 37.9. The Kier molecular flexibility index (Phi) is 5.29. The van der Waals surface area contributed by atoms with Crippen LogP contribution < -0.4 is 5.32 Å². The summed E-state index contributed by atoms with van der Waals surface area (Å²) < 4.78 is 24.9. The number of ketones is 2. The van der Waals surface area contributed by atoms with Crippen LogP contribution in [0.5, 0.6) is 0 Å². The van der Waals surface area contributed by atoms with Crippen molar-refractivity contribution in [2.45, 2.75) is 18.2 Å². The van der Waals surface area contributed by atoms with E-state index in [0.29, 0.717) is 16.8 Å². The second kappa shape index (κ2) is 7.92. The molecule has 0 saturated carbocycles. The third-order valence-electron chi connectivity index (χ3n) is 5.19. The molecule has 0 saturated heterocycles. The van der Waals surface area contributed by atoms with Crippen LogP contribution in [0.25, 0.3) is 0 Å². The van der Waals surface area contributed by atoms with E-state index in [2.05, 4.69) is 5.32 Å². The van der Waals surface area contributed by atoms with Gasteiger partial charge in [0.2, 0.25) is 5.91 Å². The lowest BCUT2D eigenvalue weighted by Gasteiger charge is -2.18. The lowest BCUT2D eigenvalue weighted by Crippen LogP contribution is -2.22. The van der Waals surface area contributed by atoms with Gasteiger partial charge < -0.3 is 5.32 Å². The molecule has 0 bridgehead atoms. The fraction of sp³-hybridized carbons (Fsp3) is 0.125. The number of hydrogen-bond donors (Lipinski definition) is 1. The van der Waals surface area contributed by atoms with Gasteiger partial charge in [0.25, 0.3) is 0 Å². The number of carbonyl (C=O) groups is 3. The highest BCUT2D eigenvalue weighted by molar-refractivity contribution is 7.91. The molecule has 6 nitrogen and oxygen atoms in total. The molecular weight excluding hydrogens is 414 g/mol. The van der Waals surface area contributed by atoms with Crippen LogP contribution in [0.4, 0.5) is 5.69 Å². The van der Waals surface area contributed by atoms with Gasteiger partial charge in [-0.25, -0.2) is 8.42 Å². The maximum Gasteiger partial charge on any atom is 0.225 e. The Morgan fingerprint density at radius 3 is 2.03 bits per heavy atom. The van der Waals surface area contributed by atoms with Crippen molar-refractivity contribution < 1.29 is 22.8 Å². The van der Waals surface area contributed by atoms with Crippen LogP contribution in [0.2, 0.25) is 0 Å². The minimum Gasteiger partial charge on any atom is -0.326 e. The SMILES string of the molecule is Cc1ccc(S(=O)(=O)CCC(=O)Nc2ccc3c(c2)C(=O)c2ccccc2C3=O)cc1. The highest BCUT2D eigenvalue weighted by atomic mass is 32.2. The molecule has 1 aliphatic rings. The van der Waals surface area contributed by atoms with Crippen LogP contribution in [-0.2, 0) is 14.6 Å². The second-order valence-electron chi connectivity index (χ2n) is 7.39. The van der Waals surface area contributed by atoms with Crippen molar-refractivity contribution in [3.8, 4) is 0 Å². The van der Waals surface area contributed by atoms with Gasteiger partial charge in [0.1, 0.15) is 0 Å². The van der Waals surface area contributed by atoms with Gasteiger partial charge in [0.05, 0.1) is 10.6 Å². The average molecular weight is 433 g/mol. The molecule has 0 atom stereocenters. The first kappa shape index (κ1) is 20.7. The summed E-state index contributed by atoms with van der Waals surface area (Å²) >= 11 is 0. The van der Waals surface area contributed by atoms with Crippen LogP contribution in [-0.4, -0.2) is 31.6 Å². The van der Waals surface area contributed by atoms with Crippen LogP contribution in [0.15, 0.2) is 71.6 Å². The van der Waals surface area contributed by atoms with Gasteiger partial charge in [0.15, 0.2) is 21.4 Å². The Labute approximate surface area is 179 Å². The Morgan fingerprint density at radius 2 is 1.39 bits per heavy atom. The van der Waals surface area contributed by atoms with Crippen molar-refractivity contribution in [2.24, 2.45) is 0 Å². The summed E-state index contributed by atoms with van der Waals surface area (Å²) in [6.07, 6.45) is -0.233. The third-order valence-corrected chi connectivity index (χ3v) is 6.92. The van der Waals surface area contributed by atoms with Gasteiger partial charge in [-0.05, 0) is 37.3 Å². The zero-order valence-electron chi connectivity index (χ0n) is 16.7. The largest absolute Gasteiger partial charge is 0.326 e. The predicted octanol–water partition coefficient (Wildman–Crippen LogP) is 3.57. The molecule has 7 heteroatoms. The molecule has 0 radical (unpaired) electrons. The van der Waals surface area contributed by atoms with Crippen LogP contribution >= 0.6 is 0 Å². The third kappa shape index (κ3) is 4.04. The highest BCUT2D eigenvalue weighted by Gasteiger charge is 2.29. The molecule has 31 heavy (non-hydrogen) atoms. The number of anilines is 1. The number of benzene rings is 3. The zero-order chi connectivity index (χ0) is 22.2. The molecule has 1 amide bonds. The Bertz CT molecular complexity index is 1320. The summed E-state index contributed by atoms with van der Waals surface area (Å²) in [5.41, 5.74) is 2.46. The van der Waals surface area contributed by atoms with E-state index in [9.17, 15) is 22.8 Å². The van der Waals surface area contributed by atoms with Crippen LogP contribution in [0, 0.1) is 6.92 Å². The number of sulfone groups is 1. The maximum absolute atomic E-state index is 12.8. The number of aryl methyl sites for hydroxylation is 1. The molecule has 4 rings (SSSR count). The topological polar surface area (TPSA) is 97.4 Å². The molecule has 156 valence electrons. The van der Waals surface area contributed by atoms with Crippen molar-refractivity contribution in [1.82, 2.24) is 0 Å². The minimum atomic E-state index is -3.59. The lowest BCUT2D eigenvalue weighted by molar-refractivity contribution is -0.115.